The van der Waals surface area contributed by atoms with Crippen molar-refractivity contribution in [2.24, 2.45) is 0 Å². The first kappa shape index (κ1) is 15.8. The Balaban J connectivity index is 1.86. The summed E-state index contributed by atoms with van der Waals surface area (Å²) >= 11 is 0. The summed E-state index contributed by atoms with van der Waals surface area (Å²) in [5.74, 6) is -0.492. The summed E-state index contributed by atoms with van der Waals surface area (Å²) in [7, 11) is 0. The molecule has 1 atom stereocenters. The molecule has 24 heavy (non-hydrogen) atoms. The Morgan fingerprint density at radius 1 is 0.750 bits per heavy atom. The fourth-order valence-corrected chi connectivity index (χ4v) is 2.39. The van der Waals surface area contributed by atoms with E-state index < -0.39 is 12.0 Å². The molecule has 0 aliphatic rings. The van der Waals surface area contributed by atoms with Gasteiger partial charge >= 0.3 is 0 Å². The first-order valence-electron chi connectivity index (χ1n) is 7.69. The summed E-state index contributed by atoms with van der Waals surface area (Å²) in [6.07, 6.45) is -1.24. The minimum atomic E-state index is -1.24. The van der Waals surface area contributed by atoms with E-state index in [1.807, 2.05) is 66.7 Å². The fourth-order valence-electron chi connectivity index (χ4n) is 2.39. The van der Waals surface area contributed by atoms with Crippen molar-refractivity contribution in [2.75, 3.05) is 5.01 Å². The number of amides is 1. The van der Waals surface area contributed by atoms with Crippen LogP contribution in [0.2, 0.25) is 0 Å². The van der Waals surface area contributed by atoms with E-state index in [2.05, 4.69) is 5.43 Å². The zero-order chi connectivity index (χ0) is 16.8. The van der Waals surface area contributed by atoms with Gasteiger partial charge in [-0.1, -0.05) is 66.7 Å². The van der Waals surface area contributed by atoms with Gasteiger partial charge in [0.1, 0.15) is 0 Å². The van der Waals surface area contributed by atoms with E-state index in [4.69, 9.17) is 0 Å². The van der Waals surface area contributed by atoms with Gasteiger partial charge in [-0.2, -0.15) is 0 Å². The molecule has 0 spiro atoms. The first-order valence-corrected chi connectivity index (χ1v) is 7.69. The van der Waals surface area contributed by atoms with Gasteiger partial charge in [-0.15, -0.1) is 0 Å². The number of hydrogen-bond donors (Lipinski definition) is 2. The molecule has 3 rings (SSSR count). The Kier molecular flexibility index (Phi) is 4.89. The predicted octanol–water partition coefficient (Wildman–Crippen LogP) is 3.59. The summed E-state index contributed by atoms with van der Waals surface area (Å²) in [6.45, 7) is 0. The van der Waals surface area contributed by atoms with E-state index in [0.717, 1.165) is 11.4 Å². The van der Waals surface area contributed by atoms with E-state index in [1.54, 1.807) is 29.3 Å². The van der Waals surface area contributed by atoms with Gasteiger partial charge in [-0.05, 0) is 29.8 Å². The highest BCUT2D eigenvalue weighted by atomic mass is 16.3. The lowest BCUT2D eigenvalue weighted by molar-refractivity contribution is -0.129. The van der Waals surface area contributed by atoms with Crippen molar-refractivity contribution in [3.05, 3.63) is 96.6 Å². The number of aliphatic hydroxyl groups is 1. The molecule has 120 valence electrons. The van der Waals surface area contributed by atoms with Gasteiger partial charge in [0, 0.05) is 0 Å². The lowest BCUT2D eigenvalue weighted by atomic mass is 10.1. The zero-order valence-corrected chi connectivity index (χ0v) is 13.0. The fraction of sp³-hybridized carbons (Fsp3) is 0.0500. The monoisotopic (exact) mass is 318 g/mol. The third-order valence-electron chi connectivity index (χ3n) is 3.61. The standard InChI is InChI=1S/C20H18N2O2/c23-19(16-10-4-1-5-11-16)20(24)21-22(17-12-6-2-7-13-17)18-14-8-3-9-15-18/h1-15,19,23H,(H,21,24)/t19-/m0/s1. The summed E-state index contributed by atoms with van der Waals surface area (Å²) in [5, 5.41) is 12.0. The Morgan fingerprint density at radius 3 is 1.62 bits per heavy atom. The number of para-hydroxylation sites is 2. The molecule has 4 nitrogen and oxygen atoms in total. The molecule has 3 aromatic carbocycles. The topological polar surface area (TPSA) is 52.6 Å². The van der Waals surface area contributed by atoms with Crippen LogP contribution in [0.25, 0.3) is 0 Å². The van der Waals surface area contributed by atoms with Crippen LogP contribution >= 0.6 is 0 Å². The summed E-state index contributed by atoms with van der Waals surface area (Å²) in [6, 6.07) is 27.8. The Morgan fingerprint density at radius 2 is 1.17 bits per heavy atom. The average molecular weight is 318 g/mol. The van der Waals surface area contributed by atoms with Crippen LogP contribution in [0.3, 0.4) is 0 Å². The maximum Gasteiger partial charge on any atom is 0.272 e. The van der Waals surface area contributed by atoms with Gasteiger partial charge in [0.25, 0.3) is 5.91 Å². The smallest absolute Gasteiger partial charge is 0.272 e. The molecule has 2 N–H and O–H groups in total. The van der Waals surface area contributed by atoms with Crippen molar-refractivity contribution >= 4 is 17.3 Å². The Hall–Kier alpha value is -3.11. The van der Waals surface area contributed by atoms with E-state index >= 15 is 0 Å². The number of benzene rings is 3. The van der Waals surface area contributed by atoms with Crippen molar-refractivity contribution in [2.45, 2.75) is 6.10 Å². The second-order valence-corrected chi connectivity index (χ2v) is 5.30. The minimum absolute atomic E-state index is 0.492. The van der Waals surface area contributed by atoms with E-state index in [9.17, 15) is 9.90 Å². The quantitative estimate of drug-likeness (QED) is 0.707. The molecule has 4 heteroatoms. The lowest BCUT2D eigenvalue weighted by Gasteiger charge is -2.26. The molecule has 0 unspecified atom stereocenters. The molecule has 3 aromatic rings. The van der Waals surface area contributed by atoms with Crippen molar-refractivity contribution < 1.29 is 9.90 Å². The number of carbonyl (C=O) groups is 1. The zero-order valence-electron chi connectivity index (χ0n) is 13.0. The van der Waals surface area contributed by atoms with Crippen LogP contribution in [-0.4, -0.2) is 11.0 Å². The molecule has 0 bridgehead atoms. The van der Waals surface area contributed by atoms with Gasteiger partial charge in [0.15, 0.2) is 6.10 Å². The summed E-state index contributed by atoms with van der Waals surface area (Å²) in [5.41, 5.74) is 4.95. The molecular weight excluding hydrogens is 300 g/mol. The number of nitrogens with one attached hydrogen (secondary N) is 1. The molecule has 0 radical (unpaired) electrons. The molecule has 0 saturated carbocycles. The van der Waals surface area contributed by atoms with Crippen molar-refractivity contribution in [1.29, 1.82) is 0 Å². The second kappa shape index (κ2) is 7.44. The number of hydrogen-bond acceptors (Lipinski definition) is 3. The largest absolute Gasteiger partial charge is 0.378 e. The molecule has 0 heterocycles. The van der Waals surface area contributed by atoms with Crippen molar-refractivity contribution in [3.8, 4) is 0 Å². The molecule has 0 aromatic heterocycles. The molecular formula is C20H18N2O2. The van der Waals surface area contributed by atoms with Gasteiger partial charge in [-0.3, -0.25) is 15.2 Å². The Bertz CT molecular complexity index is 737. The number of anilines is 2. The maximum atomic E-state index is 12.5. The first-order chi connectivity index (χ1) is 11.8. The van der Waals surface area contributed by atoms with Crippen LogP contribution in [0, 0.1) is 0 Å². The highest BCUT2D eigenvalue weighted by molar-refractivity contribution is 5.85. The summed E-state index contributed by atoms with van der Waals surface area (Å²) in [4.78, 5) is 12.5. The van der Waals surface area contributed by atoms with E-state index in [0.29, 0.717) is 5.56 Å². The molecule has 0 fully saturated rings. The average Bonchev–Trinajstić information content (AvgIpc) is 2.67. The maximum absolute atomic E-state index is 12.5. The van der Waals surface area contributed by atoms with Crippen LogP contribution in [0.15, 0.2) is 91.0 Å². The number of rotatable bonds is 5. The lowest BCUT2D eigenvalue weighted by Crippen LogP contribution is -2.41. The third kappa shape index (κ3) is 3.62. The molecule has 0 aliphatic carbocycles. The minimum Gasteiger partial charge on any atom is -0.378 e. The van der Waals surface area contributed by atoms with Gasteiger partial charge in [0.2, 0.25) is 0 Å². The van der Waals surface area contributed by atoms with Crippen LogP contribution < -0.4 is 10.4 Å². The molecule has 1 amide bonds. The Labute approximate surface area is 141 Å². The van der Waals surface area contributed by atoms with Crippen LogP contribution in [0.5, 0.6) is 0 Å². The van der Waals surface area contributed by atoms with Gasteiger partial charge in [0.05, 0.1) is 11.4 Å². The summed E-state index contributed by atoms with van der Waals surface area (Å²) < 4.78 is 0. The number of aliphatic hydroxyl groups excluding tert-OH is 1. The number of hydrazine groups is 1. The van der Waals surface area contributed by atoms with E-state index in [1.165, 1.54) is 0 Å². The molecule has 0 aliphatic heterocycles. The normalized spacial score (nSPS) is 11.5. The van der Waals surface area contributed by atoms with Gasteiger partial charge < -0.3 is 5.11 Å². The van der Waals surface area contributed by atoms with Crippen molar-refractivity contribution in [3.63, 3.8) is 0 Å². The highest BCUT2D eigenvalue weighted by Gasteiger charge is 2.20. The number of nitrogens with zero attached hydrogens (tertiary/aromatic N) is 1. The van der Waals surface area contributed by atoms with Crippen LogP contribution in [-0.2, 0) is 4.79 Å². The van der Waals surface area contributed by atoms with Crippen molar-refractivity contribution in [1.82, 2.24) is 5.43 Å². The van der Waals surface area contributed by atoms with E-state index in [-0.39, 0.29) is 0 Å². The van der Waals surface area contributed by atoms with Crippen LogP contribution in [0.4, 0.5) is 11.4 Å². The third-order valence-corrected chi connectivity index (χ3v) is 3.61. The predicted molar refractivity (Wildman–Crippen MR) is 94.6 cm³/mol. The SMILES string of the molecule is O=C(NN(c1ccccc1)c1ccccc1)[C@@H](O)c1ccccc1. The second-order valence-electron chi connectivity index (χ2n) is 5.30. The van der Waals surface area contributed by atoms with Crippen LogP contribution in [0.1, 0.15) is 11.7 Å². The highest BCUT2D eigenvalue weighted by Crippen LogP contribution is 2.23. The number of carbonyl (C=O) groups excluding carboxylic acids is 1. The van der Waals surface area contributed by atoms with Gasteiger partial charge in [-0.25, -0.2) is 0 Å². The molecule has 0 saturated heterocycles.